The van der Waals surface area contributed by atoms with Crippen molar-refractivity contribution >= 4 is 23.5 Å². The molecule has 2 aliphatic rings. The number of likely N-dealkylation sites (tertiary alicyclic amines) is 2. The van der Waals surface area contributed by atoms with Crippen molar-refractivity contribution in [2.45, 2.75) is 57.8 Å². The fraction of sp³-hybridized carbons (Fsp3) is 0.429. The van der Waals surface area contributed by atoms with Crippen molar-refractivity contribution in [1.29, 1.82) is 0 Å². The number of Topliss-reactive ketones (excluding diaryl/α,β-unsaturated/α-hetero) is 1. The van der Waals surface area contributed by atoms with Gasteiger partial charge < -0.3 is 20.9 Å². The Morgan fingerprint density at radius 1 is 1.11 bits per heavy atom. The van der Waals surface area contributed by atoms with Crippen LogP contribution >= 0.6 is 0 Å². The molecule has 2 heterocycles. The molecule has 8 nitrogen and oxygen atoms in total. The fourth-order valence-electron chi connectivity index (χ4n) is 5.27. The lowest BCUT2D eigenvalue weighted by atomic mass is 10.0. The summed E-state index contributed by atoms with van der Waals surface area (Å²) in [6, 6.07) is 11.0. The van der Waals surface area contributed by atoms with Crippen LogP contribution < -0.4 is 11.1 Å². The molecule has 0 aromatic heterocycles. The van der Waals surface area contributed by atoms with Crippen LogP contribution in [-0.2, 0) is 27.3 Å². The standard InChI is InChI=1S/C28H33FN4O4/c1-17(2)12-22(31-27(36)20-8-5-6-18(13-20)15-30)28(37)32-11-10-23-26(32)24(34)16-33(23)25(35)14-19-7-3-4-9-21(19)29/h3-9,13,17,22-23,26H,10-12,14-16,30H2,1-2H3,(H,31,36)/t22-,23?,26?/m0/s1. The quantitative estimate of drug-likeness (QED) is 0.567. The molecule has 2 fully saturated rings. The Morgan fingerprint density at radius 3 is 2.57 bits per heavy atom. The van der Waals surface area contributed by atoms with Crippen LogP contribution in [0.1, 0.15) is 48.2 Å². The van der Waals surface area contributed by atoms with Gasteiger partial charge in [-0.2, -0.15) is 0 Å². The zero-order valence-corrected chi connectivity index (χ0v) is 21.2. The first kappa shape index (κ1) is 26.5. The first-order valence-electron chi connectivity index (χ1n) is 12.7. The van der Waals surface area contributed by atoms with E-state index in [1.54, 1.807) is 36.4 Å². The highest BCUT2D eigenvalue weighted by atomic mass is 19.1. The molecule has 3 atom stereocenters. The third-order valence-corrected chi connectivity index (χ3v) is 7.06. The molecule has 3 N–H and O–H groups in total. The normalized spacial score (nSPS) is 19.8. The van der Waals surface area contributed by atoms with Crippen molar-refractivity contribution in [3.63, 3.8) is 0 Å². The topological polar surface area (TPSA) is 113 Å². The number of amides is 3. The highest BCUT2D eigenvalue weighted by Crippen LogP contribution is 2.31. The number of fused-ring (bicyclic) bond motifs is 1. The van der Waals surface area contributed by atoms with Gasteiger partial charge in [-0.1, -0.05) is 44.2 Å². The summed E-state index contributed by atoms with van der Waals surface area (Å²) in [4.78, 5) is 55.6. The maximum Gasteiger partial charge on any atom is 0.251 e. The minimum absolute atomic E-state index is 0.112. The third kappa shape index (κ3) is 5.72. The molecule has 37 heavy (non-hydrogen) atoms. The number of nitrogens with zero attached hydrogens (tertiary/aromatic N) is 2. The van der Waals surface area contributed by atoms with Crippen molar-refractivity contribution in [3.05, 3.63) is 71.0 Å². The van der Waals surface area contributed by atoms with Gasteiger partial charge in [-0.25, -0.2) is 4.39 Å². The average molecular weight is 509 g/mol. The molecule has 4 rings (SSSR count). The second-order valence-corrected chi connectivity index (χ2v) is 10.1. The van der Waals surface area contributed by atoms with E-state index in [0.29, 0.717) is 31.5 Å². The highest BCUT2D eigenvalue weighted by molar-refractivity contribution is 6.01. The zero-order valence-electron chi connectivity index (χ0n) is 21.2. The van der Waals surface area contributed by atoms with Crippen LogP contribution in [0.15, 0.2) is 48.5 Å². The maximum atomic E-state index is 14.1. The third-order valence-electron chi connectivity index (χ3n) is 7.06. The van der Waals surface area contributed by atoms with Crippen LogP contribution in [0, 0.1) is 11.7 Å². The molecule has 0 radical (unpaired) electrons. The van der Waals surface area contributed by atoms with Crippen LogP contribution in [0.4, 0.5) is 4.39 Å². The number of carbonyl (C=O) groups is 4. The van der Waals surface area contributed by atoms with Gasteiger partial charge in [0.25, 0.3) is 5.91 Å². The van der Waals surface area contributed by atoms with Crippen LogP contribution in [-0.4, -0.2) is 64.5 Å². The minimum Gasteiger partial charge on any atom is -0.340 e. The summed E-state index contributed by atoms with van der Waals surface area (Å²) in [5.74, 6) is -1.63. The number of halogens is 1. The Kier molecular flexibility index (Phi) is 8.02. The van der Waals surface area contributed by atoms with Crippen molar-refractivity contribution < 1.29 is 23.6 Å². The van der Waals surface area contributed by atoms with Crippen LogP contribution in [0.3, 0.4) is 0 Å². The van der Waals surface area contributed by atoms with E-state index in [0.717, 1.165) is 5.56 Å². The summed E-state index contributed by atoms with van der Waals surface area (Å²) in [6.07, 6.45) is 0.705. The van der Waals surface area contributed by atoms with E-state index in [-0.39, 0.29) is 48.0 Å². The van der Waals surface area contributed by atoms with Crippen LogP contribution in [0.2, 0.25) is 0 Å². The Hall–Kier alpha value is -3.59. The molecule has 2 saturated heterocycles. The largest absolute Gasteiger partial charge is 0.340 e. The van der Waals surface area contributed by atoms with Crippen molar-refractivity contribution in [1.82, 2.24) is 15.1 Å². The van der Waals surface area contributed by atoms with E-state index in [1.807, 2.05) is 19.9 Å². The number of hydrogen-bond acceptors (Lipinski definition) is 5. The Labute approximate surface area is 216 Å². The minimum atomic E-state index is -0.816. The number of carbonyl (C=O) groups excluding carboxylic acids is 4. The molecular formula is C28H33FN4O4. The highest BCUT2D eigenvalue weighted by Gasteiger charge is 2.52. The van der Waals surface area contributed by atoms with E-state index in [1.165, 1.54) is 15.9 Å². The van der Waals surface area contributed by atoms with Gasteiger partial charge in [-0.3, -0.25) is 19.2 Å². The molecule has 2 aliphatic heterocycles. The van der Waals surface area contributed by atoms with Gasteiger partial charge in [0.05, 0.1) is 19.0 Å². The van der Waals surface area contributed by atoms with E-state index in [9.17, 15) is 23.6 Å². The first-order chi connectivity index (χ1) is 17.7. The molecule has 3 amide bonds. The summed E-state index contributed by atoms with van der Waals surface area (Å²) in [5.41, 5.74) is 7.17. The number of ketones is 1. The Bertz CT molecular complexity index is 1200. The van der Waals surface area contributed by atoms with Gasteiger partial charge in [-0.15, -0.1) is 0 Å². The molecule has 0 aliphatic carbocycles. The number of rotatable bonds is 8. The van der Waals surface area contributed by atoms with E-state index < -0.39 is 23.9 Å². The molecule has 0 spiro atoms. The summed E-state index contributed by atoms with van der Waals surface area (Å²) >= 11 is 0. The zero-order chi connectivity index (χ0) is 26.7. The van der Waals surface area contributed by atoms with Crippen molar-refractivity contribution in [3.8, 4) is 0 Å². The van der Waals surface area contributed by atoms with E-state index in [2.05, 4.69) is 5.32 Å². The molecule has 2 aromatic carbocycles. The molecule has 9 heteroatoms. The second-order valence-electron chi connectivity index (χ2n) is 10.1. The summed E-state index contributed by atoms with van der Waals surface area (Å²) in [5, 5.41) is 2.86. The van der Waals surface area contributed by atoms with Crippen molar-refractivity contribution in [2.24, 2.45) is 11.7 Å². The van der Waals surface area contributed by atoms with Gasteiger partial charge in [-0.05, 0) is 48.1 Å². The Balaban J connectivity index is 1.48. The number of benzene rings is 2. The fourth-order valence-corrected chi connectivity index (χ4v) is 5.27. The average Bonchev–Trinajstić information content (AvgIpc) is 3.45. The van der Waals surface area contributed by atoms with Crippen molar-refractivity contribution in [2.75, 3.05) is 13.1 Å². The molecule has 2 aromatic rings. The molecular weight excluding hydrogens is 475 g/mol. The van der Waals surface area contributed by atoms with Gasteiger partial charge in [0.15, 0.2) is 5.78 Å². The summed E-state index contributed by atoms with van der Waals surface area (Å²) < 4.78 is 14.1. The van der Waals surface area contributed by atoms with Gasteiger partial charge in [0.1, 0.15) is 17.9 Å². The van der Waals surface area contributed by atoms with Crippen LogP contribution in [0.25, 0.3) is 0 Å². The van der Waals surface area contributed by atoms with Gasteiger partial charge >= 0.3 is 0 Å². The number of nitrogens with two attached hydrogens (primary N) is 1. The van der Waals surface area contributed by atoms with Crippen LogP contribution in [0.5, 0.6) is 0 Å². The predicted octanol–water partition coefficient (Wildman–Crippen LogP) is 2.05. The molecule has 196 valence electrons. The summed E-state index contributed by atoms with van der Waals surface area (Å²) in [6.45, 7) is 4.40. The summed E-state index contributed by atoms with van der Waals surface area (Å²) in [7, 11) is 0. The van der Waals surface area contributed by atoms with E-state index in [4.69, 9.17) is 5.73 Å². The lowest BCUT2D eigenvalue weighted by molar-refractivity contribution is -0.138. The first-order valence-corrected chi connectivity index (χ1v) is 12.7. The monoisotopic (exact) mass is 508 g/mol. The SMILES string of the molecule is CC(C)C[C@H](NC(=O)c1cccc(CN)c1)C(=O)N1CCC2C1C(=O)CN2C(=O)Cc1ccccc1F. The second kappa shape index (κ2) is 11.2. The van der Waals surface area contributed by atoms with Gasteiger partial charge in [0.2, 0.25) is 11.8 Å². The smallest absolute Gasteiger partial charge is 0.251 e. The molecule has 0 saturated carbocycles. The Morgan fingerprint density at radius 2 is 1.86 bits per heavy atom. The number of nitrogens with one attached hydrogen (secondary N) is 1. The lowest BCUT2D eigenvalue weighted by Gasteiger charge is -2.29. The number of hydrogen-bond donors (Lipinski definition) is 2. The lowest BCUT2D eigenvalue weighted by Crippen LogP contribution is -2.53. The predicted molar refractivity (Wildman–Crippen MR) is 136 cm³/mol. The molecule has 0 bridgehead atoms. The van der Waals surface area contributed by atoms with Gasteiger partial charge in [0, 0.05) is 18.7 Å². The maximum absolute atomic E-state index is 14.1. The molecule has 2 unspecified atom stereocenters. The van der Waals surface area contributed by atoms with E-state index >= 15 is 0 Å².